The van der Waals surface area contributed by atoms with Crippen LogP contribution in [0.3, 0.4) is 0 Å². The van der Waals surface area contributed by atoms with Crippen LogP contribution in [0, 0.1) is 5.82 Å². The second-order valence-electron chi connectivity index (χ2n) is 7.87. The van der Waals surface area contributed by atoms with Crippen molar-refractivity contribution < 1.29 is 24.5 Å². The van der Waals surface area contributed by atoms with Gasteiger partial charge >= 0.3 is 0 Å². The number of benzene rings is 1. The number of aromatic nitrogens is 1. The quantitative estimate of drug-likeness (QED) is 0.515. The van der Waals surface area contributed by atoms with Crippen molar-refractivity contribution in [2.24, 2.45) is 0 Å². The van der Waals surface area contributed by atoms with Crippen molar-refractivity contribution in [1.82, 2.24) is 9.88 Å². The lowest BCUT2D eigenvalue weighted by molar-refractivity contribution is -0.945. The van der Waals surface area contributed by atoms with Crippen LogP contribution in [0.4, 0.5) is 4.39 Å². The number of nitrogens with zero attached hydrogens (tertiary/aromatic N) is 1. The molecule has 0 radical (unpaired) electrons. The fourth-order valence-corrected chi connectivity index (χ4v) is 4.46. The number of nitrogens with two attached hydrogens (primary N) is 1. The summed E-state index contributed by atoms with van der Waals surface area (Å²) in [4.78, 5) is 27.2. The van der Waals surface area contributed by atoms with Crippen molar-refractivity contribution in [2.75, 3.05) is 39.3 Å². The number of hydrogen-bond acceptors (Lipinski definition) is 3. The minimum absolute atomic E-state index is 0.117. The molecule has 7 nitrogen and oxygen atoms in total. The minimum atomic E-state index is -0.597. The molecule has 28 heavy (non-hydrogen) atoms. The molecule has 1 atom stereocenters. The van der Waals surface area contributed by atoms with E-state index in [9.17, 15) is 19.1 Å². The lowest BCUT2D eigenvalue weighted by atomic mass is 9.95. The maximum absolute atomic E-state index is 14.1. The fraction of sp³-hybridized carbons (Fsp3) is 0.500. The number of halogens is 1. The maximum atomic E-state index is 14.1. The Morgan fingerprint density at radius 2 is 2.14 bits per heavy atom. The molecule has 2 aliphatic heterocycles. The molecule has 2 aromatic rings. The van der Waals surface area contributed by atoms with Crippen LogP contribution in [0.5, 0.6) is 5.75 Å². The topological polar surface area (TPSA) is 92.4 Å². The SMILES string of the molecule is C[C@@H]1CCc2cc(F)cc3c(O)c(C(=O)NCC[NH+]4CC[NH2+]CC4)c(=O)n1c23. The third-order valence-corrected chi connectivity index (χ3v) is 5.99. The van der Waals surface area contributed by atoms with Crippen molar-refractivity contribution in [2.45, 2.75) is 25.8 Å². The average molecular weight is 390 g/mol. The summed E-state index contributed by atoms with van der Waals surface area (Å²) in [6, 6.07) is 2.49. The van der Waals surface area contributed by atoms with Crippen LogP contribution >= 0.6 is 0 Å². The number of carbonyl (C=O) groups excluding carboxylic acids is 1. The Kier molecular flexibility index (Phi) is 5.07. The number of amides is 1. The average Bonchev–Trinajstić information content (AvgIpc) is 2.67. The minimum Gasteiger partial charge on any atom is -0.506 e. The molecule has 0 spiro atoms. The Bertz CT molecular complexity index is 982. The summed E-state index contributed by atoms with van der Waals surface area (Å²) in [5.41, 5.74) is 0.424. The van der Waals surface area contributed by atoms with Gasteiger partial charge in [-0.1, -0.05) is 0 Å². The van der Waals surface area contributed by atoms with Crippen molar-refractivity contribution in [3.8, 4) is 5.75 Å². The summed E-state index contributed by atoms with van der Waals surface area (Å²) in [7, 11) is 0. The third-order valence-electron chi connectivity index (χ3n) is 5.99. The summed E-state index contributed by atoms with van der Waals surface area (Å²) in [6.45, 7) is 7.35. The van der Waals surface area contributed by atoms with Crippen LogP contribution in [0.1, 0.15) is 35.3 Å². The van der Waals surface area contributed by atoms with E-state index < -0.39 is 23.0 Å². The van der Waals surface area contributed by atoms with E-state index in [1.54, 1.807) is 0 Å². The van der Waals surface area contributed by atoms with Gasteiger partial charge in [-0.25, -0.2) is 4.39 Å². The molecule has 8 heteroatoms. The highest BCUT2D eigenvalue weighted by Crippen LogP contribution is 2.35. The second kappa shape index (κ2) is 7.52. The zero-order chi connectivity index (χ0) is 19.8. The largest absolute Gasteiger partial charge is 0.506 e. The van der Waals surface area contributed by atoms with Crippen molar-refractivity contribution in [3.05, 3.63) is 39.4 Å². The molecule has 150 valence electrons. The summed E-state index contributed by atoms with van der Waals surface area (Å²) in [6.07, 6.45) is 1.32. The van der Waals surface area contributed by atoms with Crippen molar-refractivity contribution in [1.29, 1.82) is 0 Å². The third kappa shape index (κ3) is 3.27. The summed E-state index contributed by atoms with van der Waals surface area (Å²) < 4.78 is 15.6. The zero-order valence-electron chi connectivity index (χ0n) is 16.1. The Balaban J connectivity index is 1.67. The lowest BCUT2D eigenvalue weighted by Crippen LogP contribution is -3.20. The number of carbonyl (C=O) groups is 1. The molecule has 1 aromatic carbocycles. The molecular weight excluding hydrogens is 363 g/mol. The summed E-state index contributed by atoms with van der Waals surface area (Å²) in [5.74, 6) is -1.50. The van der Waals surface area contributed by atoms with Gasteiger partial charge in [0.05, 0.1) is 18.6 Å². The van der Waals surface area contributed by atoms with E-state index in [1.807, 2.05) is 6.92 Å². The van der Waals surface area contributed by atoms with E-state index in [2.05, 4.69) is 10.6 Å². The van der Waals surface area contributed by atoms with E-state index in [4.69, 9.17) is 0 Å². The number of quaternary nitrogens is 2. The molecule has 5 N–H and O–H groups in total. The normalized spacial score (nSPS) is 19.7. The monoisotopic (exact) mass is 390 g/mol. The molecule has 0 saturated carbocycles. The molecule has 1 aromatic heterocycles. The maximum Gasteiger partial charge on any atom is 0.267 e. The van der Waals surface area contributed by atoms with Gasteiger partial charge in [-0.05, 0) is 37.5 Å². The fourth-order valence-electron chi connectivity index (χ4n) is 4.46. The van der Waals surface area contributed by atoms with Crippen LogP contribution in [0.2, 0.25) is 0 Å². The van der Waals surface area contributed by atoms with Crippen LogP contribution in [-0.2, 0) is 6.42 Å². The predicted octanol–water partition coefficient (Wildman–Crippen LogP) is -1.45. The number of aromatic hydroxyl groups is 1. The molecule has 0 aliphatic carbocycles. The molecule has 1 fully saturated rings. The lowest BCUT2D eigenvalue weighted by Gasteiger charge is -2.26. The smallest absolute Gasteiger partial charge is 0.267 e. The van der Waals surface area contributed by atoms with Gasteiger partial charge in [0, 0.05) is 11.4 Å². The molecule has 4 rings (SSSR count). The molecular formula is C20H27FN4O3+2. The first kappa shape index (κ1) is 18.9. The molecule has 1 saturated heterocycles. The second-order valence-corrected chi connectivity index (χ2v) is 7.87. The first-order valence-electron chi connectivity index (χ1n) is 10.0. The number of hydrogen-bond donors (Lipinski definition) is 4. The van der Waals surface area contributed by atoms with Crippen LogP contribution in [0.25, 0.3) is 10.9 Å². The number of pyridine rings is 1. The molecule has 1 amide bonds. The summed E-state index contributed by atoms with van der Waals surface area (Å²) in [5, 5.41) is 15.9. The van der Waals surface area contributed by atoms with Gasteiger partial charge < -0.3 is 25.2 Å². The Morgan fingerprint density at radius 3 is 2.89 bits per heavy atom. The van der Waals surface area contributed by atoms with E-state index in [1.165, 1.54) is 21.6 Å². The first-order chi connectivity index (χ1) is 13.5. The van der Waals surface area contributed by atoms with E-state index >= 15 is 0 Å². The molecule has 2 aliphatic rings. The Morgan fingerprint density at radius 1 is 1.39 bits per heavy atom. The highest BCUT2D eigenvalue weighted by Gasteiger charge is 2.28. The van der Waals surface area contributed by atoms with Crippen LogP contribution in [-0.4, -0.2) is 54.8 Å². The van der Waals surface area contributed by atoms with E-state index in [0.29, 0.717) is 30.5 Å². The van der Waals surface area contributed by atoms with Gasteiger partial charge in [0.2, 0.25) is 0 Å². The number of nitrogens with one attached hydrogen (secondary N) is 2. The van der Waals surface area contributed by atoms with Gasteiger partial charge in [0.15, 0.2) is 0 Å². The Labute approximate surface area is 162 Å². The van der Waals surface area contributed by atoms with Gasteiger partial charge in [-0.3, -0.25) is 9.59 Å². The summed E-state index contributed by atoms with van der Waals surface area (Å²) >= 11 is 0. The predicted molar refractivity (Wildman–Crippen MR) is 102 cm³/mol. The molecule has 0 unspecified atom stereocenters. The van der Waals surface area contributed by atoms with Gasteiger partial charge in [-0.2, -0.15) is 0 Å². The van der Waals surface area contributed by atoms with Crippen molar-refractivity contribution in [3.63, 3.8) is 0 Å². The molecule has 3 heterocycles. The van der Waals surface area contributed by atoms with Crippen LogP contribution in [0.15, 0.2) is 16.9 Å². The number of piperazine rings is 1. The van der Waals surface area contributed by atoms with Gasteiger partial charge in [0.25, 0.3) is 11.5 Å². The van der Waals surface area contributed by atoms with Crippen molar-refractivity contribution >= 4 is 16.8 Å². The van der Waals surface area contributed by atoms with Crippen LogP contribution < -0.4 is 21.1 Å². The van der Waals surface area contributed by atoms with E-state index in [-0.39, 0.29) is 17.0 Å². The highest BCUT2D eigenvalue weighted by atomic mass is 19.1. The molecule has 0 bridgehead atoms. The van der Waals surface area contributed by atoms with E-state index in [0.717, 1.165) is 32.7 Å². The number of rotatable bonds is 4. The highest BCUT2D eigenvalue weighted by molar-refractivity contribution is 6.03. The van der Waals surface area contributed by atoms with Gasteiger partial charge in [-0.15, -0.1) is 0 Å². The van der Waals surface area contributed by atoms with Gasteiger partial charge in [0.1, 0.15) is 43.3 Å². The first-order valence-corrected chi connectivity index (χ1v) is 10.0. The zero-order valence-corrected chi connectivity index (χ0v) is 16.1. The Hall–Kier alpha value is -2.45. The number of aryl methyl sites for hydroxylation is 1. The standard InChI is InChI=1S/C20H25FN4O3/c1-12-2-3-13-10-14(21)11-15-17(13)25(12)20(28)16(18(15)26)19(27)23-6-9-24-7-4-22-5-8-24/h10-12,22,26H,2-9H2,1H3,(H,23,27)/p+2/t12-/m1/s1.